The molecular weight excluding hydrogens is 304 g/mol. The lowest BCUT2D eigenvalue weighted by Crippen LogP contribution is -2.23. The molecule has 0 radical (unpaired) electrons. The zero-order valence-electron chi connectivity index (χ0n) is 11.2. The Morgan fingerprint density at radius 2 is 1.80 bits per heavy atom. The van der Waals surface area contributed by atoms with Gasteiger partial charge in [0.05, 0.1) is 16.7 Å². The van der Waals surface area contributed by atoms with E-state index in [2.05, 4.69) is 57.6 Å². The van der Waals surface area contributed by atoms with E-state index < -0.39 is 0 Å². The first-order chi connectivity index (χ1) is 9.83. The maximum absolute atomic E-state index is 4.52. The van der Waals surface area contributed by atoms with Crippen LogP contribution < -0.4 is 5.32 Å². The van der Waals surface area contributed by atoms with E-state index in [0.717, 1.165) is 18.0 Å². The second kappa shape index (κ2) is 6.63. The third-order valence-electron chi connectivity index (χ3n) is 3.05. The SMILES string of the molecule is Cc1nc(CCNC(c2cccs2)c2cccs2)cs1. The summed E-state index contributed by atoms with van der Waals surface area (Å²) < 4.78 is 0. The van der Waals surface area contributed by atoms with Crippen molar-refractivity contribution in [2.24, 2.45) is 0 Å². The van der Waals surface area contributed by atoms with Crippen molar-refractivity contribution < 1.29 is 0 Å². The van der Waals surface area contributed by atoms with E-state index in [4.69, 9.17) is 0 Å². The van der Waals surface area contributed by atoms with Crippen LogP contribution in [0.15, 0.2) is 40.4 Å². The van der Waals surface area contributed by atoms with Crippen LogP contribution in [0.2, 0.25) is 0 Å². The molecule has 0 saturated heterocycles. The predicted molar refractivity (Wildman–Crippen MR) is 89.0 cm³/mol. The topological polar surface area (TPSA) is 24.9 Å². The number of rotatable bonds is 6. The molecule has 0 saturated carbocycles. The summed E-state index contributed by atoms with van der Waals surface area (Å²) in [4.78, 5) is 7.27. The summed E-state index contributed by atoms with van der Waals surface area (Å²) in [7, 11) is 0. The van der Waals surface area contributed by atoms with Crippen molar-refractivity contribution in [3.8, 4) is 0 Å². The van der Waals surface area contributed by atoms with Crippen LogP contribution in [0.3, 0.4) is 0 Å². The van der Waals surface area contributed by atoms with Crippen molar-refractivity contribution >= 4 is 34.0 Å². The molecule has 0 aromatic carbocycles. The Bertz CT molecular complexity index is 592. The van der Waals surface area contributed by atoms with E-state index in [9.17, 15) is 0 Å². The third-order valence-corrected chi connectivity index (χ3v) is 5.75. The van der Waals surface area contributed by atoms with Gasteiger partial charge in [0.15, 0.2) is 0 Å². The van der Waals surface area contributed by atoms with Crippen molar-refractivity contribution in [1.29, 1.82) is 0 Å². The van der Waals surface area contributed by atoms with Crippen LogP contribution in [-0.2, 0) is 6.42 Å². The van der Waals surface area contributed by atoms with Crippen LogP contribution >= 0.6 is 34.0 Å². The van der Waals surface area contributed by atoms with Gasteiger partial charge in [-0.2, -0.15) is 0 Å². The van der Waals surface area contributed by atoms with E-state index in [1.165, 1.54) is 15.4 Å². The number of nitrogens with one attached hydrogen (secondary N) is 1. The van der Waals surface area contributed by atoms with E-state index >= 15 is 0 Å². The Morgan fingerprint density at radius 1 is 1.10 bits per heavy atom. The fraction of sp³-hybridized carbons (Fsp3) is 0.267. The Morgan fingerprint density at radius 3 is 2.30 bits per heavy atom. The van der Waals surface area contributed by atoms with Crippen molar-refractivity contribution in [3.63, 3.8) is 0 Å². The van der Waals surface area contributed by atoms with E-state index in [0.29, 0.717) is 6.04 Å². The highest BCUT2D eigenvalue weighted by Gasteiger charge is 2.15. The maximum atomic E-state index is 4.52. The Balaban J connectivity index is 1.65. The molecule has 0 bridgehead atoms. The predicted octanol–water partition coefficient (Wildman–Crippen LogP) is 4.50. The third kappa shape index (κ3) is 3.35. The molecule has 0 amide bonds. The quantitative estimate of drug-likeness (QED) is 0.723. The molecule has 0 aliphatic heterocycles. The van der Waals surface area contributed by atoms with Crippen molar-refractivity contribution in [2.45, 2.75) is 19.4 Å². The minimum atomic E-state index is 0.315. The number of aromatic nitrogens is 1. The Kier molecular flexibility index (Phi) is 4.62. The Hall–Kier alpha value is -1.01. The summed E-state index contributed by atoms with van der Waals surface area (Å²) in [5.41, 5.74) is 1.19. The minimum absolute atomic E-state index is 0.315. The molecule has 0 unspecified atom stereocenters. The number of aryl methyl sites for hydroxylation is 1. The molecule has 0 aliphatic carbocycles. The summed E-state index contributed by atoms with van der Waals surface area (Å²) in [6.07, 6.45) is 0.984. The highest BCUT2D eigenvalue weighted by molar-refractivity contribution is 7.11. The molecule has 2 nitrogen and oxygen atoms in total. The number of hydrogen-bond acceptors (Lipinski definition) is 5. The van der Waals surface area contributed by atoms with Crippen molar-refractivity contribution in [1.82, 2.24) is 10.3 Å². The van der Waals surface area contributed by atoms with E-state index in [1.807, 2.05) is 22.7 Å². The first-order valence-corrected chi connectivity index (χ1v) is 9.18. The molecule has 3 aromatic heterocycles. The van der Waals surface area contributed by atoms with Crippen LogP contribution in [0.5, 0.6) is 0 Å². The smallest absolute Gasteiger partial charge is 0.0897 e. The summed E-state index contributed by atoms with van der Waals surface area (Å²) >= 11 is 5.34. The first kappa shape index (κ1) is 13.9. The second-order valence-corrected chi connectivity index (χ2v) is 7.55. The standard InChI is InChI=1S/C15H16N2S3/c1-11-17-12(10-20-11)6-7-16-15(13-4-2-8-18-13)14-5-3-9-19-14/h2-5,8-10,15-16H,6-7H2,1H3. The summed E-state index contributed by atoms with van der Waals surface area (Å²) in [6, 6.07) is 8.96. The largest absolute Gasteiger partial charge is 0.305 e. The molecule has 3 heterocycles. The van der Waals surface area contributed by atoms with Gasteiger partial charge < -0.3 is 5.32 Å². The molecule has 3 aromatic rings. The zero-order chi connectivity index (χ0) is 13.8. The lowest BCUT2D eigenvalue weighted by atomic mass is 10.2. The highest BCUT2D eigenvalue weighted by Crippen LogP contribution is 2.29. The van der Waals surface area contributed by atoms with Gasteiger partial charge in [-0.1, -0.05) is 12.1 Å². The van der Waals surface area contributed by atoms with Crippen molar-refractivity contribution in [3.05, 3.63) is 60.9 Å². The monoisotopic (exact) mass is 320 g/mol. The van der Waals surface area contributed by atoms with Gasteiger partial charge in [-0.3, -0.25) is 0 Å². The molecule has 0 atom stereocenters. The fourth-order valence-corrected chi connectivity index (χ4v) is 4.48. The van der Waals surface area contributed by atoms with Crippen molar-refractivity contribution in [2.75, 3.05) is 6.54 Å². The molecule has 3 rings (SSSR count). The van der Waals surface area contributed by atoms with E-state index in [1.54, 1.807) is 11.3 Å². The van der Waals surface area contributed by atoms with Gasteiger partial charge in [0.1, 0.15) is 0 Å². The van der Waals surface area contributed by atoms with Crippen LogP contribution in [0, 0.1) is 6.92 Å². The average Bonchev–Trinajstić information content (AvgIpc) is 3.18. The molecule has 20 heavy (non-hydrogen) atoms. The summed E-state index contributed by atoms with van der Waals surface area (Å²) in [5.74, 6) is 0. The van der Waals surface area contributed by atoms with Gasteiger partial charge in [0, 0.05) is 28.1 Å². The fourth-order valence-electron chi connectivity index (χ4n) is 2.12. The van der Waals surface area contributed by atoms with Crippen LogP contribution in [0.25, 0.3) is 0 Å². The normalized spacial score (nSPS) is 11.3. The van der Waals surface area contributed by atoms with Gasteiger partial charge >= 0.3 is 0 Å². The van der Waals surface area contributed by atoms with Gasteiger partial charge in [0.2, 0.25) is 0 Å². The zero-order valence-corrected chi connectivity index (χ0v) is 13.7. The molecule has 0 aliphatic rings. The van der Waals surface area contributed by atoms with Gasteiger partial charge in [-0.15, -0.1) is 34.0 Å². The maximum Gasteiger partial charge on any atom is 0.0897 e. The number of thiazole rings is 1. The van der Waals surface area contributed by atoms with Crippen LogP contribution in [-0.4, -0.2) is 11.5 Å². The minimum Gasteiger partial charge on any atom is -0.305 e. The van der Waals surface area contributed by atoms with Crippen LogP contribution in [0.1, 0.15) is 26.5 Å². The number of thiophene rings is 2. The summed E-state index contributed by atoms with van der Waals surface area (Å²) in [6.45, 7) is 3.01. The lowest BCUT2D eigenvalue weighted by molar-refractivity contribution is 0.617. The van der Waals surface area contributed by atoms with Gasteiger partial charge in [-0.25, -0.2) is 4.98 Å². The molecule has 5 heteroatoms. The number of nitrogens with zero attached hydrogens (tertiary/aromatic N) is 1. The second-order valence-electron chi connectivity index (χ2n) is 4.53. The van der Waals surface area contributed by atoms with E-state index in [-0.39, 0.29) is 0 Å². The lowest BCUT2D eigenvalue weighted by Gasteiger charge is -2.15. The average molecular weight is 321 g/mol. The highest BCUT2D eigenvalue weighted by atomic mass is 32.1. The van der Waals surface area contributed by atoms with Crippen LogP contribution in [0.4, 0.5) is 0 Å². The summed E-state index contributed by atoms with van der Waals surface area (Å²) in [5, 5.41) is 11.2. The molecular formula is C15H16N2S3. The molecule has 104 valence electrons. The first-order valence-electron chi connectivity index (χ1n) is 6.54. The van der Waals surface area contributed by atoms with Gasteiger partial charge in [0.25, 0.3) is 0 Å². The molecule has 0 spiro atoms. The molecule has 1 N–H and O–H groups in total. The number of hydrogen-bond donors (Lipinski definition) is 1. The van der Waals surface area contributed by atoms with Gasteiger partial charge in [-0.05, 0) is 29.8 Å². The molecule has 0 fully saturated rings. The Labute approximate surface area is 131 Å².